The van der Waals surface area contributed by atoms with Crippen LogP contribution in [0.4, 0.5) is 9.18 Å². The highest BCUT2D eigenvalue weighted by atomic mass is 19.1. The highest BCUT2D eigenvalue weighted by molar-refractivity contribution is 5.83. The molecule has 1 fully saturated rings. The van der Waals surface area contributed by atoms with E-state index >= 15 is 0 Å². The van der Waals surface area contributed by atoms with Gasteiger partial charge in [-0.25, -0.2) is 9.18 Å². The van der Waals surface area contributed by atoms with E-state index in [0.29, 0.717) is 37.9 Å². The van der Waals surface area contributed by atoms with Crippen LogP contribution in [0.2, 0.25) is 0 Å². The van der Waals surface area contributed by atoms with E-state index < -0.39 is 5.97 Å². The van der Waals surface area contributed by atoms with Crippen molar-refractivity contribution in [2.75, 3.05) is 6.54 Å². The predicted molar refractivity (Wildman–Crippen MR) is 119 cm³/mol. The number of benzene rings is 2. The number of hydrogen-bond donors (Lipinski definition) is 1. The van der Waals surface area contributed by atoms with Gasteiger partial charge in [-0.2, -0.15) is 0 Å². The van der Waals surface area contributed by atoms with Gasteiger partial charge < -0.3 is 14.7 Å². The summed E-state index contributed by atoms with van der Waals surface area (Å²) in [6.07, 6.45) is 2.61. The fourth-order valence-electron chi connectivity index (χ4n) is 4.80. The molecule has 2 aromatic carbocycles. The lowest BCUT2D eigenvalue weighted by Gasteiger charge is -2.29. The fourth-order valence-corrected chi connectivity index (χ4v) is 4.80. The molecule has 0 saturated heterocycles. The van der Waals surface area contributed by atoms with E-state index in [4.69, 9.17) is 9.84 Å². The third kappa shape index (κ3) is 5.97. The Morgan fingerprint density at radius 3 is 2.67 bits per heavy atom. The van der Waals surface area contributed by atoms with E-state index in [1.165, 1.54) is 6.07 Å². The molecule has 6 nitrogen and oxygen atoms in total. The van der Waals surface area contributed by atoms with Gasteiger partial charge in [0.25, 0.3) is 0 Å². The Bertz CT molecular complexity index is 1050. The highest BCUT2D eigenvalue weighted by Gasteiger charge is 2.31. The van der Waals surface area contributed by atoms with Crippen molar-refractivity contribution < 1.29 is 28.6 Å². The number of Topliss-reactive ketones (excluding diaryl/α,β-unsaturated/α-hetero) is 1. The lowest BCUT2D eigenvalue weighted by atomic mass is 9.94. The quantitative estimate of drug-likeness (QED) is 0.675. The number of ketones is 1. The fraction of sp³-hybridized carbons (Fsp3) is 0.423. The molecule has 0 radical (unpaired) electrons. The monoisotopic (exact) mass is 453 g/mol. The first-order valence-corrected chi connectivity index (χ1v) is 11.4. The van der Waals surface area contributed by atoms with E-state index in [1.54, 1.807) is 23.1 Å². The van der Waals surface area contributed by atoms with Crippen molar-refractivity contribution in [2.45, 2.75) is 57.6 Å². The number of carbonyl (C=O) groups excluding carboxylic acids is 2. The standard InChI is InChI=1S/C26H28FNO5/c27-24-4-2-1-3-20(24)15-22(29)12-17-5-7-21-16-28(10-9-19(21)11-17)26(32)33-23-8-6-18(13-23)14-25(30)31/h1-5,7,11,18,23H,6,8-10,12-16H2,(H,30,31)/t18-,23+/m1/s1. The van der Waals surface area contributed by atoms with Crippen molar-refractivity contribution in [1.82, 2.24) is 4.90 Å². The zero-order valence-corrected chi connectivity index (χ0v) is 18.5. The average Bonchev–Trinajstić information content (AvgIpc) is 3.20. The molecule has 0 unspecified atom stereocenters. The van der Waals surface area contributed by atoms with Crippen molar-refractivity contribution in [3.05, 3.63) is 70.5 Å². The van der Waals surface area contributed by atoms with Crippen molar-refractivity contribution >= 4 is 17.8 Å². The Hall–Kier alpha value is -3.22. The van der Waals surface area contributed by atoms with E-state index in [2.05, 4.69) is 0 Å². The van der Waals surface area contributed by atoms with E-state index in [1.807, 2.05) is 18.2 Å². The topological polar surface area (TPSA) is 83.9 Å². The average molecular weight is 454 g/mol. The van der Waals surface area contributed by atoms with Gasteiger partial charge in [-0.05, 0) is 59.9 Å². The summed E-state index contributed by atoms with van der Waals surface area (Å²) >= 11 is 0. The molecule has 2 aliphatic rings. The Morgan fingerprint density at radius 2 is 1.88 bits per heavy atom. The van der Waals surface area contributed by atoms with Crippen LogP contribution in [0.25, 0.3) is 0 Å². The highest BCUT2D eigenvalue weighted by Crippen LogP contribution is 2.31. The van der Waals surface area contributed by atoms with Crippen LogP contribution in [0.5, 0.6) is 0 Å². The molecular formula is C26H28FNO5. The summed E-state index contributed by atoms with van der Waals surface area (Å²) in [7, 11) is 0. The van der Waals surface area contributed by atoms with Crippen molar-refractivity contribution in [1.29, 1.82) is 0 Å². The van der Waals surface area contributed by atoms with Gasteiger partial charge in [0.2, 0.25) is 0 Å². The zero-order chi connectivity index (χ0) is 23.4. The number of rotatable bonds is 7. The van der Waals surface area contributed by atoms with Gasteiger partial charge in [-0.1, -0.05) is 36.4 Å². The van der Waals surface area contributed by atoms with Crippen LogP contribution in [0.15, 0.2) is 42.5 Å². The van der Waals surface area contributed by atoms with Gasteiger partial charge in [0.05, 0.1) is 0 Å². The molecule has 1 aliphatic heterocycles. The van der Waals surface area contributed by atoms with Crippen LogP contribution in [0.1, 0.15) is 47.9 Å². The van der Waals surface area contributed by atoms with Gasteiger partial charge in [0.15, 0.2) is 0 Å². The molecule has 0 bridgehead atoms. The molecule has 1 heterocycles. The summed E-state index contributed by atoms with van der Waals surface area (Å²) < 4.78 is 19.4. The third-order valence-corrected chi connectivity index (χ3v) is 6.51. The second-order valence-electron chi connectivity index (χ2n) is 9.04. The second kappa shape index (κ2) is 10.1. The number of ether oxygens (including phenoxy) is 1. The largest absolute Gasteiger partial charge is 0.481 e. The number of hydrogen-bond acceptors (Lipinski definition) is 4. The number of carbonyl (C=O) groups is 3. The normalized spacial score (nSPS) is 19.7. The summed E-state index contributed by atoms with van der Waals surface area (Å²) in [6, 6.07) is 12.2. The predicted octanol–water partition coefficient (Wildman–Crippen LogP) is 4.32. The van der Waals surface area contributed by atoms with Crippen LogP contribution < -0.4 is 0 Å². The number of amides is 1. The first-order chi connectivity index (χ1) is 15.9. The molecule has 1 saturated carbocycles. The number of aliphatic carboxylic acids is 1. The molecule has 2 aromatic rings. The summed E-state index contributed by atoms with van der Waals surface area (Å²) in [5.74, 6) is -1.15. The van der Waals surface area contributed by atoms with E-state index in [9.17, 15) is 18.8 Å². The number of halogens is 1. The van der Waals surface area contributed by atoms with Gasteiger partial charge in [-0.15, -0.1) is 0 Å². The van der Waals surface area contributed by atoms with Crippen molar-refractivity contribution in [3.63, 3.8) is 0 Å². The molecule has 7 heteroatoms. The van der Waals surface area contributed by atoms with Crippen LogP contribution in [0.3, 0.4) is 0 Å². The summed E-state index contributed by atoms with van der Waals surface area (Å²) in [6.45, 7) is 0.979. The number of carboxylic acid groups (broad SMARTS) is 1. The maximum Gasteiger partial charge on any atom is 0.410 e. The number of nitrogens with zero attached hydrogens (tertiary/aromatic N) is 1. The first-order valence-electron chi connectivity index (χ1n) is 11.4. The first kappa shape index (κ1) is 23.0. The summed E-state index contributed by atoms with van der Waals surface area (Å²) in [5, 5.41) is 8.93. The van der Waals surface area contributed by atoms with Crippen molar-refractivity contribution in [2.24, 2.45) is 5.92 Å². The van der Waals surface area contributed by atoms with Crippen molar-refractivity contribution in [3.8, 4) is 0 Å². The van der Waals surface area contributed by atoms with Crippen LogP contribution in [-0.4, -0.2) is 40.5 Å². The minimum Gasteiger partial charge on any atom is -0.481 e. The molecule has 174 valence electrons. The molecule has 0 aromatic heterocycles. The Labute approximate surface area is 192 Å². The summed E-state index contributed by atoms with van der Waals surface area (Å²) in [5.41, 5.74) is 3.43. The molecular weight excluding hydrogens is 425 g/mol. The van der Waals surface area contributed by atoms with E-state index in [-0.39, 0.29) is 49.0 Å². The Balaban J connectivity index is 1.30. The molecule has 1 aliphatic carbocycles. The van der Waals surface area contributed by atoms with Gasteiger partial charge >= 0.3 is 12.1 Å². The molecule has 1 amide bonds. The lowest BCUT2D eigenvalue weighted by Crippen LogP contribution is -2.38. The maximum atomic E-state index is 13.8. The Kier molecular flexibility index (Phi) is 7.06. The van der Waals surface area contributed by atoms with E-state index in [0.717, 1.165) is 23.1 Å². The third-order valence-electron chi connectivity index (χ3n) is 6.51. The zero-order valence-electron chi connectivity index (χ0n) is 18.5. The lowest BCUT2D eigenvalue weighted by molar-refractivity contribution is -0.138. The molecule has 33 heavy (non-hydrogen) atoms. The maximum absolute atomic E-state index is 13.8. The van der Waals surface area contributed by atoms with Crippen LogP contribution >= 0.6 is 0 Å². The Morgan fingerprint density at radius 1 is 1.06 bits per heavy atom. The molecule has 2 atom stereocenters. The number of fused-ring (bicyclic) bond motifs is 1. The number of carboxylic acids is 1. The SMILES string of the molecule is O=C(O)C[C@@H]1CC[C@H](OC(=O)N2CCc3cc(CC(=O)Cc4ccccc4F)ccc3C2)C1. The van der Waals surface area contributed by atoms with Gasteiger partial charge in [0.1, 0.15) is 17.7 Å². The summed E-state index contributed by atoms with van der Waals surface area (Å²) in [4.78, 5) is 37.6. The smallest absolute Gasteiger partial charge is 0.410 e. The molecule has 1 N–H and O–H groups in total. The van der Waals surface area contributed by atoms with Crippen LogP contribution in [-0.2, 0) is 40.1 Å². The second-order valence-corrected chi connectivity index (χ2v) is 9.04. The minimum absolute atomic E-state index is 0.0428. The van der Waals surface area contributed by atoms with Crippen LogP contribution in [0, 0.1) is 11.7 Å². The molecule has 0 spiro atoms. The molecule has 4 rings (SSSR count). The van der Waals surface area contributed by atoms with Gasteiger partial charge in [0, 0.05) is 32.4 Å². The minimum atomic E-state index is -0.812. The van der Waals surface area contributed by atoms with Gasteiger partial charge in [-0.3, -0.25) is 9.59 Å².